The molecule has 3 rings (SSSR count). The Hall–Kier alpha value is -2.36. The van der Waals surface area contributed by atoms with Crippen LogP contribution in [-0.2, 0) is 17.8 Å². The van der Waals surface area contributed by atoms with Crippen molar-refractivity contribution in [1.29, 1.82) is 5.26 Å². The Labute approximate surface area is 135 Å². The summed E-state index contributed by atoms with van der Waals surface area (Å²) in [5.41, 5.74) is 1.30. The van der Waals surface area contributed by atoms with Crippen LogP contribution < -0.4 is 10.6 Å². The zero-order valence-corrected chi connectivity index (χ0v) is 13.0. The average Bonchev–Trinajstić information content (AvgIpc) is 3.29. The minimum atomic E-state index is -0.245. The SMILES string of the molecule is N#CCCNC(=O)c1ncn2c1CCC(C(=O)NCC1CC1)C2. The number of amides is 2. The van der Waals surface area contributed by atoms with Gasteiger partial charge in [-0.25, -0.2) is 4.98 Å². The van der Waals surface area contributed by atoms with E-state index in [0.29, 0.717) is 31.1 Å². The molecule has 1 aliphatic heterocycles. The maximum atomic E-state index is 12.2. The van der Waals surface area contributed by atoms with E-state index < -0.39 is 0 Å². The normalized spacial score (nSPS) is 19.5. The lowest BCUT2D eigenvalue weighted by atomic mass is 9.96. The number of fused-ring (bicyclic) bond motifs is 1. The highest BCUT2D eigenvalue weighted by Crippen LogP contribution is 2.28. The summed E-state index contributed by atoms with van der Waals surface area (Å²) in [5, 5.41) is 14.2. The second-order valence-electron chi connectivity index (χ2n) is 6.28. The number of rotatable bonds is 6. The first-order valence-electron chi connectivity index (χ1n) is 8.16. The van der Waals surface area contributed by atoms with Gasteiger partial charge < -0.3 is 15.2 Å². The fraction of sp³-hybridized carbons (Fsp3) is 0.625. The van der Waals surface area contributed by atoms with E-state index in [1.165, 1.54) is 12.8 Å². The van der Waals surface area contributed by atoms with Crippen LogP contribution in [0.3, 0.4) is 0 Å². The summed E-state index contributed by atoms with van der Waals surface area (Å²) in [4.78, 5) is 28.5. The minimum absolute atomic E-state index is 0.0510. The Kier molecular flexibility index (Phi) is 4.60. The molecule has 2 N–H and O–H groups in total. The molecule has 0 saturated heterocycles. The van der Waals surface area contributed by atoms with E-state index in [2.05, 4.69) is 15.6 Å². The van der Waals surface area contributed by atoms with Gasteiger partial charge in [0, 0.05) is 19.6 Å². The van der Waals surface area contributed by atoms with Gasteiger partial charge >= 0.3 is 0 Å². The summed E-state index contributed by atoms with van der Waals surface area (Å²) in [6.07, 6.45) is 5.77. The summed E-state index contributed by atoms with van der Waals surface area (Å²) in [7, 11) is 0. The lowest BCUT2D eigenvalue weighted by Crippen LogP contribution is -2.37. The molecule has 23 heavy (non-hydrogen) atoms. The number of aromatic nitrogens is 2. The quantitative estimate of drug-likeness (QED) is 0.751. The Morgan fingerprint density at radius 2 is 2.17 bits per heavy atom. The molecule has 2 aliphatic rings. The first-order chi connectivity index (χ1) is 11.2. The minimum Gasteiger partial charge on any atom is -0.356 e. The van der Waals surface area contributed by atoms with Crippen LogP contribution in [0.4, 0.5) is 0 Å². The molecule has 1 atom stereocenters. The number of hydrogen-bond acceptors (Lipinski definition) is 4. The molecule has 7 nitrogen and oxygen atoms in total. The van der Waals surface area contributed by atoms with Gasteiger partial charge in [0.25, 0.3) is 5.91 Å². The molecule has 1 fully saturated rings. The second kappa shape index (κ2) is 6.82. The van der Waals surface area contributed by atoms with Crippen LogP contribution in [0.25, 0.3) is 0 Å². The fourth-order valence-corrected chi connectivity index (χ4v) is 2.90. The van der Waals surface area contributed by atoms with Gasteiger partial charge in [-0.2, -0.15) is 5.26 Å². The van der Waals surface area contributed by atoms with Crippen LogP contribution in [0.2, 0.25) is 0 Å². The van der Waals surface area contributed by atoms with Crippen molar-refractivity contribution in [2.24, 2.45) is 11.8 Å². The Bertz CT molecular complexity index is 641. The molecule has 0 radical (unpaired) electrons. The van der Waals surface area contributed by atoms with Gasteiger partial charge in [0.2, 0.25) is 5.91 Å². The molecule has 1 saturated carbocycles. The van der Waals surface area contributed by atoms with Gasteiger partial charge in [-0.05, 0) is 31.6 Å². The third kappa shape index (κ3) is 3.70. The molecule has 2 heterocycles. The van der Waals surface area contributed by atoms with E-state index in [0.717, 1.165) is 18.7 Å². The molecule has 7 heteroatoms. The van der Waals surface area contributed by atoms with E-state index in [4.69, 9.17) is 5.26 Å². The van der Waals surface area contributed by atoms with Crippen LogP contribution in [0.5, 0.6) is 0 Å². The molecule has 1 aromatic rings. The molecule has 0 aromatic carbocycles. The number of nitrogens with zero attached hydrogens (tertiary/aromatic N) is 3. The summed E-state index contributed by atoms with van der Waals surface area (Å²) in [6.45, 7) is 1.69. The average molecular weight is 315 g/mol. The maximum absolute atomic E-state index is 12.2. The van der Waals surface area contributed by atoms with Gasteiger partial charge in [-0.15, -0.1) is 0 Å². The highest BCUT2D eigenvalue weighted by atomic mass is 16.2. The standard InChI is InChI=1S/C16H21N5O2/c17-6-1-7-18-16(23)14-13-5-4-12(9-21(13)10-20-14)15(22)19-8-11-2-3-11/h10-12H,1-5,7-9H2,(H,18,23)(H,19,22). The second-order valence-corrected chi connectivity index (χ2v) is 6.28. The molecule has 1 aliphatic carbocycles. The van der Waals surface area contributed by atoms with Crippen molar-refractivity contribution >= 4 is 11.8 Å². The monoisotopic (exact) mass is 315 g/mol. The van der Waals surface area contributed by atoms with Gasteiger partial charge in [-0.1, -0.05) is 0 Å². The summed E-state index contributed by atoms with van der Waals surface area (Å²) in [5.74, 6) is 0.488. The number of nitrogens with one attached hydrogen (secondary N) is 2. The zero-order chi connectivity index (χ0) is 16.2. The summed E-state index contributed by atoms with van der Waals surface area (Å²) in [6, 6.07) is 1.99. The zero-order valence-electron chi connectivity index (χ0n) is 13.0. The van der Waals surface area contributed by atoms with E-state index in [9.17, 15) is 9.59 Å². The van der Waals surface area contributed by atoms with Crippen molar-refractivity contribution in [3.63, 3.8) is 0 Å². The van der Waals surface area contributed by atoms with Crippen molar-refractivity contribution in [1.82, 2.24) is 20.2 Å². The largest absolute Gasteiger partial charge is 0.356 e. The predicted octanol–water partition coefficient (Wildman–Crippen LogP) is 0.615. The molecular formula is C16H21N5O2. The molecule has 2 amide bonds. The molecule has 1 unspecified atom stereocenters. The van der Waals surface area contributed by atoms with Crippen molar-refractivity contribution < 1.29 is 9.59 Å². The van der Waals surface area contributed by atoms with Gasteiger partial charge in [-0.3, -0.25) is 9.59 Å². The summed E-state index contributed by atoms with van der Waals surface area (Å²) < 4.78 is 1.91. The number of carbonyl (C=O) groups excluding carboxylic acids is 2. The lowest BCUT2D eigenvalue weighted by Gasteiger charge is -2.24. The van der Waals surface area contributed by atoms with Crippen molar-refractivity contribution in [2.75, 3.05) is 13.1 Å². The maximum Gasteiger partial charge on any atom is 0.271 e. The Balaban J connectivity index is 1.58. The molecule has 122 valence electrons. The highest BCUT2D eigenvalue weighted by Gasteiger charge is 2.29. The van der Waals surface area contributed by atoms with Crippen LogP contribution >= 0.6 is 0 Å². The van der Waals surface area contributed by atoms with E-state index in [1.54, 1.807) is 6.33 Å². The molecule has 1 aromatic heterocycles. The lowest BCUT2D eigenvalue weighted by molar-refractivity contribution is -0.126. The fourth-order valence-electron chi connectivity index (χ4n) is 2.90. The van der Waals surface area contributed by atoms with Crippen molar-refractivity contribution in [3.8, 4) is 6.07 Å². The number of imidazole rings is 1. The van der Waals surface area contributed by atoms with Gasteiger partial charge in [0.15, 0.2) is 0 Å². The first-order valence-corrected chi connectivity index (χ1v) is 8.16. The first kappa shape index (κ1) is 15.5. The Morgan fingerprint density at radius 3 is 2.91 bits per heavy atom. The third-order valence-corrected chi connectivity index (χ3v) is 4.46. The van der Waals surface area contributed by atoms with E-state index in [-0.39, 0.29) is 24.2 Å². The smallest absolute Gasteiger partial charge is 0.271 e. The molecule has 0 bridgehead atoms. The summed E-state index contributed by atoms with van der Waals surface area (Å²) >= 11 is 0. The molecular weight excluding hydrogens is 294 g/mol. The van der Waals surface area contributed by atoms with E-state index in [1.807, 2.05) is 10.6 Å². The van der Waals surface area contributed by atoms with Crippen LogP contribution in [-0.4, -0.2) is 34.5 Å². The molecule has 0 spiro atoms. The van der Waals surface area contributed by atoms with Gasteiger partial charge in [0.1, 0.15) is 5.69 Å². The van der Waals surface area contributed by atoms with Crippen molar-refractivity contribution in [2.45, 2.75) is 38.6 Å². The van der Waals surface area contributed by atoms with Crippen molar-refractivity contribution in [3.05, 3.63) is 17.7 Å². The number of hydrogen-bond donors (Lipinski definition) is 2. The Morgan fingerprint density at radius 1 is 1.35 bits per heavy atom. The number of nitriles is 1. The van der Waals surface area contributed by atoms with Gasteiger partial charge in [0.05, 0.1) is 30.4 Å². The third-order valence-electron chi connectivity index (χ3n) is 4.46. The number of carbonyl (C=O) groups is 2. The van der Waals surface area contributed by atoms with Crippen LogP contribution in [0.1, 0.15) is 41.9 Å². The predicted molar refractivity (Wildman–Crippen MR) is 82.3 cm³/mol. The topological polar surface area (TPSA) is 99.8 Å². The van der Waals surface area contributed by atoms with Crippen LogP contribution in [0.15, 0.2) is 6.33 Å². The van der Waals surface area contributed by atoms with E-state index >= 15 is 0 Å². The van der Waals surface area contributed by atoms with Crippen LogP contribution in [0, 0.1) is 23.2 Å². The highest BCUT2D eigenvalue weighted by molar-refractivity contribution is 5.93.